The molecule has 6 heteroatoms. The van der Waals surface area contributed by atoms with E-state index < -0.39 is 5.97 Å². The summed E-state index contributed by atoms with van der Waals surface area (Å²) < 4.78 is 18.6. The number of hydrogen-bond acceptors (Lipinski definition) is 3. The summed E-state index contributed by atoms with van der Waals surface area (Å²) in [7, 11) is 0. The fraction of sp³-hybridized carbons (Fsp3) is 0.100. The van der Waals surface area contributed by atoms with Crippen LogP contribution in [0, 0.1) is 5.82 Å². The topological polar surface area (TPSA) is 79.5 Å². The second kappa shape index (κ2) is 7.65. The van der Waals surface area contributed by atoms with Gasteiger partial charge in [-0.2, -0.15) is 0 Å². The molecule has 1 amide bonds. The van der Waals surface area contributed by atoms with Crippen LogP contribution in [-0.4, -0.2) is 17.0 Å². The van der Waals surface area contributed by atoms with E-state index in [0.29, 0.717) is 23.6 Å². The molecule has 3 aromatic rings. The normalized spacial score (nSPS) is 10.5. The molecule has 0 atom stereocenters. The lowest BCUT2D eigenvalue weighted by atomic mass is 10.2. The van der Waals surface area contributed by atoms with Crippen LogP contribution in [0.5, 0.6) is 0 Å². The van der Waals surface area contributed by atoms with Gasteiger partial charge in [-0.15, -0.1) is 0 Å². The van der Waals surface area contributed by atoms with Gasteiger partial charge < -0.3 is 14.8 Å². The number of carboxylic acids is 1. The highest BCUT2D eigenvalue weighted by atomic mass is 19.1. The van der Waals surface area contributed by atoms with Crippen molar-refractivity contribution >= 4 is 17.6 Å². The second-order valence-corrected chi connectivity index (χ2v) is 5.70. The molecule has 0 spiro atoms. The molecule has 1 heterocycles. The Labute approximate surface area is 149 Å². The van der Waals surface area contributed by atoms with Gasteiger partial charge in [0, 0.05) is 24.1 Å². The standard InChI is InChI=1S/C20H16FNO4/c21-15-5-1-13(2-6-15)18-11-9-17(26-18)10-12-19(23)22-16-7-3-14(4-8-16)20(24)25/h1-9,11H,10,12H2,(H,22,23)(H,24,25). The summed E-state index contributed by atoms with van der Waals surface area (Å²) in [6, 6.07) is 15.5. The molecule has 26 heavy (non-hydrogen) atoms. The highest BCUT2D eigenvalue weighted by Gasteiger charge is 2.09. The summed E-state index contributed by atoms with van der Waals surface area (Å²) in [4.78, 5) is 22.8. The molecule has 0 fully saturated rings. The van der Waals surface area contributed by atoms with Crippen molar-refractivity contribution < 1.29 is 23.5 Å². The van der Waals surface area contributed by atoms with Gasteiger partial charge in [-0.05, 0) is 60.7 Å². The highest BCUT2D eigenvalue weighted by Crippen LogP contribution is 2.23. The zero-order valence-corrected chi connectivity index (χ0v) is 13.7. The third kappa shape index (κ3) is 4.36. The predicted octanol–water partition coefficient (Wildman–Crippen LogP) is 4.36. The van der Waals surface area contributed by atoms with E-state index in [1.54, 1.807) is 36.4 Å². The maximum Gasteiger partial charge on any atom is 0.335 e. The van der Waals surface area contributed by atoms with E-state index in [1.807, 2.05) is 0 Å². The number of carbonyl (C=O) groups excluding carboxylic acids is 1. The number of aryl methyl sites for hydroxylation is 1. The molecule has 5 nitrogen and oxygen atoms in total. The molecule has 0 aliphatic carbocycles. The van der Waals surface area contributed by atoms with Gasteiger partial charge in [0.15, 0.2) is 0 Å². The van der Waals surface area contributed by atoms with Gasteiger partial charge in [0.2, 0.25) is 5.91 Å². The summed E-state index contributed by atoms with van der Waals surface area (Å²) in [6.07, 6.45) is 0.636. The monoisotopic (exact) mass is 353 g/mol. The van der Waals surface area contributed by atoms with Crippen LogP contribution in [0.25, 0.3) is 11.3 Å². The molecule has 0 aliphatic rings. The average molecular weight is 353 g/mol. The lowest BCUT2D eigenvalue weighted by Gasteiger charge is -2.05. The Hall–Kier alpha value is -3.41. The van der Waals surface area contributed by atoms with E-state index in [9.17, 15) is 14.0 Å². The Kier molecular flexibility index (Phi) is 5.12. The first-order valence-corrected chi connectivity index (χ1v) is 7.99. The van der Waals surface area contributed by atoms with Gasteiger partial charge in [-0.25, -0.2) is 9.18 Å². The number of furan rings is 1. The second-order valence-electron chi connectivity index (χ2n) is 5.70. The molecule has 2 N–H and O–H groups in total. The molecule has 2 aromatic carbocycles. The molecule has 0 aliphatic heterocycles. The molecule has 0 saturated carbocycles. The Bertz CT molecular complexity index is 914. The van der Waals surface area contributed by atoms with Crippen LogP contribution in [0.2, 0.25) is 0 Å². The van der Waals surface area contributed by atoms with Crippen molar-refractivity contribution in [2.24, 2.45) is 0 Å². The quantitative estimate of drug-likeness (QED) is 0.690. The van der Waals surface area contributed by atoms with E-state index >= 15 is 0 Å². The Morgan fingerprint density at radius 1 is 0.962 bits per heavy atom. The number of aromatic carboxylic acids is 1. The molecule has 0 saturated heterocycles. The van der Waals surface area contributed by atoms with Crippen LogP contribution in [-0.2, 0) is 11.2 Å². The van der Waals surface area contributed by atoms with Gasteiger partial charge in [0.05, 0.1) is 5.56 Å². The van der Waals surface area contributed by atoms with Gasteiger partial charge >= 0.3 is 5.97 Å². The van der Waals surface area contributed by atoms with Crippen LogP contribution in [0.4, 0.5) is 10.1 Å². The molecule has 0 unspecified atom stereocenters. The van der Waals surface area contributed by atoms with E-state index in [-0.39, 0.29) is 23.7 Å². The van der Waals surface area contributed by atoms with Crippen molar-refractivity contribution in [3.63, 3.8) is 0 Å². The number of benzene rings is 2. The average Bonchev–Trinajstić information content (AvgIpc) is 3.10. The predicted molar refractivity (Wildman–Crippen MR) is 94.5 cm³/mol. The molecule has 1 aromatic heterocycles. The van der Waals surface area contributed by atoms with E-state index in [0.717, 1.165) is 5.56 Å². The summed E-state index contributed by atoms with van der Waals surface area (Å²) in [6.45, 7) is 0. The Morgan fingerprint density at radius 3 is 2.31 bits per heavy atom. The number of nitrogens with one attached hydrogen (secondary N) is 1. The number of carbonyl (C=O) groups is 2. The zero-order chi connectivity index (χ0) is 18.5. The third-order valence-electron chi connectivity index (χ3n) is 3.80. The first-order valence-electron chi connectivity index (χ1n) is 7.99. The summed E-state index contributed by atoms with van der Waals surface area (Å²) in [5.41, 5.74) is 1.46. The molecular weight excluding hydrogens is 337 g/mol. The summed E-state index contributed by atoms with van der Waals surface area (Å²) in [5, 5.41) is 11.6. The summed E-state index contributed by atoms with van der Waals surface area (Å²) in [5.74, 6) is -0.260. The van der Waals surface area contributed by atoms with Crippen molar-refractivity contribution in [1.82, 2.24) is 0 Å². The number of carboxylic acid groups (broad SMARTS) is 1. The van der Waals surface area contributed by atoms with Crippen LogP contribution >= 0.6 is 0 Å². The lowest BCUT2D eigenvalue weighted by molar-refractivity contribution is -0.116. The number of anilines is 1. The van der Waals surface area contributed by atoms with Crippen molar-refractivity contribution in [2.75, 3.05) is 5.32 Å². The van der Waals surface area contributed by atoms with Crippen LogP contribution < -0.4 is 5.32 Å². The van der Waals surface area contributed by atoms with Crippen molar-refractivity contribution in [3.05, 3.63) is 77.8 Å². The maximum absolute atomic E-state index is 13.0. The third-order valence-corrected chi connectivity index (χ3v) is 3.80. The van der Waals surface area contributed by atoms with Gasteiger partial charge in [-0.3, -0.25) is 4.79 Å². The van der Waals surface area contributed by atoms with Crippen molar-refractivity contribution in [3.8, 4) is 11.3 Å². The first-order chi connectivity index (χ1) is 12.5. The summed E-state index contributed by atoms with van der Waals surface area (Å²) >= 11 is 0. The van der Waals surface area contributed by atoms with Gasteiger partial charge in [-0.1, -0.05) is 0 Å². The number of rotatable bonds is 6. The van der Waals surface area contributed by atoms with Gasteiger partial charge in [0.25, 0.3) is 0 Å². The van der Waals surface area contributed by atoms with Crippen molar-refractivity contribution in [1.29, 1.82) is 0 Å². The van der Waals surface area contributed by atoms with Crippen molar-refractivity contribution in [2.45, 2.75) is 12.8 Å². The van der Waals surface area contributed by atoms with E-state index in [2.05, 4.69) is 5.32 Å². The zero-order valence-electron chi connectivity index (χ0n) is 13.7. The smallest absolute Gasteiger partial charge is 0.335 e. The number of hydrogen-bond donors (Lipinski definition) is 2. The molecule has 0 bridgehead atoms. The highest BCUT2D eigenvalue weighted by molar-refractivity contribution is 5.92. The Morgan fingerprint density at radius 2 is 1.65 bits per heavy atom. The maximum atomic E-state index is 13.0. The Balaban J connectivity index is 1.54. The number of amides is 1. The van der Waals surface area contributed by atoms with Gasteiger partial charge in [0.1, 0.15) is 17.3 Å². The van der Waals surface area contributed by atoms with E-state index in [1.165, 1.54) is 24.3 Å². The minimum atomic E-state index is -1.02. The van der Waals surface area contributed by atoms with Crippen LogP contribution in [0.3, 0.4) is 0 Å². The van der Waals surface area contributed by atoms with Crippen LogP contribution in [0.1, 0.15) is 22.5 Å². The molecule has 132 valence electrons. The minimum Gasteiger partial charge on any atom is -0.478 e. The number of halogens is 1. The largest absolute Gasteiger partial charge is 0.478 e. The molecule has 3 rings (SSSR count). The molecular formula is C20H16FNO4. The minimum absolute atomic E-state index is 0.159. The fourth-order valence-corrected chi connectivity index (χ4v) is 2.44. The van der Waals surface area contributed by atoms with Crippen LogP contribution in [0.15, 0.2) is 65.1 Å². The molecule has 0 radical (unpaired) electrons. The SMILES string of the molecule is O=C(CCc1ccc(-c2ccc(F)cc2)o1)Nc1ccc(C(=O)O)cc1. The fourth-order valence-electron chi connectivity index (χ4n) is 2.44. The first kappa shape index (κ1) is 17.4. The lowest BCUT2D eigenvalue weighted by Crippen LogP contribution is -2.12. The van der Waals surface area contributed by atoms with E-state index in [4.69, 9.17) is 9.52 Å².